The number of rotatable bonds is 3. The fourth-order valence-electron chi connectivity index (χ4n) is 3.43. The van der Waals surface area contributed by atoms with Gasteiger partial charge in [0.2, 0.25) is 16.0 Å². The molecule has 4 rings (SSSR count). The van der Waals surface area contributed by atoms with E-state index < -0.39 is 10.0 Å². The molecule has 1 aromatic carbocycles. The van der Waals surface area contributed by atoms with Crippen LogP contribution in [0.4, 0.5) is 11.6 Å². The molecule has 0 spiro atoms. The van der Waals surface area contributed by atoms with Crippen molar-refractivity contribution in [2.75, 3.05) is 29.1 Å². The smallest absolute Gasteiger partial charge is 0.232 e. The number of anilines is 2. The molecule has 3 aromatic rings. The van der Waals surface area contributed by atoms with Crippen molar-refractivity contribution in [3.05, 3.63) is 39.7 Å². The van der Waals surface area contributed by atoms with E-state index in [2.05, 4.69) is 37.7 Å². The zero-order valence-corrected chi connectivity index (χ0v) is 18.1. The Bertz CT molecular complexity index is 1130. The summed E-state index contributed by atoms with van der Waals surface area (Å²) in [6, 6.07) is 7.55. The number of para-hydroxylation sites is 1. The van der Waals surface area contributed by atoms with E-state index in [1.807, 2.05) is 43.3 Å². The number of nitrogens with zero attached hydrogens (tertiary/aromatic N) is 6. The summed E-state index contributed by atoms with van der Waals surface area (Å²) >= 11 is 2.16. The second kappa shape index (κ2) is 6.59. The third-order valence-electron chi connectivity index (χ3n) is 4.88. The van der Waals surface area contributed by atoms with Crippen molar-refractivity contribution in [1.82, 2.24) is 19.7 Å². The lowest BCUT2D eigenvalue weighted by Crippen LogP contribution is -2.49. The molecule has 1 aliphatic heterocycles. The van der Waals surface area contributed by atoms with Gasteiger partial charge in [-0.3, -0.25) is 4.31 Å². The number of fused-ring (bicyclic) bond motifs is 2. The number of hydrogen-bond acceptors (Lipinski definition) is 6. The first-order chi connectivity index (χ1) is 12.8. The maximum Gasteiger partial charge on any atom is 0.232 e. The normalized spacial score (nSPS) is 17.2. The molecule has 0 bridgehead atoms. The predicted molar refractivity (Wildman–Crippen MR) is 114 cm³/mol. The Morgan fingerprint density at radius 2 is 2.04 bits per heavy atom. The van der Waals surface area contributed by atoms with Crippen LogP contribution in [0.2, 0.25) is 0 Å². The van der Waals surface area contributed by atoms with Crippen LogP contribution in [0.3, 0.4) is 0 Å². The van der Waals surface area contributed by atoms with Gasteiger partial charge in [0.1, 0.15) is 3.70 Å². The van der Waals surface area contributed by atoms with Gasteiger partial charge >= 0.3 is 0 Å². The standard InChI is InChI=1S/C17H19IN6O2S/c1-22(17-19-9-13-15(18)21-23(2)16(13)20-17)12-8-11-6-4-5-7-14(11)24(10-12)27(3,25)26/h4-7,9,12H,8,10H2,1-3H3. The Kier molecular flexibility index (Phi) is 4.49. The third-order valence-corrected chi connectivity index (χ3v) is 6.82. The largest absolute Gasteiger partial charge is 0.339 e. The number of aromatic nitrogens is 4. The molecule has 2 aromatic heterocycles. The first kappa shape index (κ1) is 18.4. The van der Waals surface area contributed by atoms with Gasteiger partial charge in [-0.25, -0.2) is 18.1 Å². The molecule has 0 saturated heterocycles. The van der Waals surface area contributed by atoms with Gasteiger partial charge in [-0.05, 0) is 40.6 Å². The van der Waals surface area contributed by atoms with Gasteiger partial charge < -0.3 is 4.90 Å². The van der Waals surface area contributed by atoms with E-state index in [4.69, 9.17) is 0 Å². The zero-order valence-electron chi connectivity index (χ0n) is 15.2. The lowest BCUT2D eigenvalue weighted by atomic mass is 9.99. The van der Waals surface area contributed by atoms with Gasteiger partial charge in [0.15, 0.2) is 5.65 Å². The van der Waals surface area contributed by atoms with E-state index >= 15 is 0 Å². The van der Waals surface area contributed by atoms with Crippen LogP contribution in [0.25, 0.3) is 11.0 Å². The molecule has 1 unspecified atom stereocenters. The lowest BCUT2D eigenvalue weighted by Gasteiger charge is -2.38. The van der Waals surface area contributed by atoms with Crippen molar-refractivity contribution in [1.29, 1.82) is 0 Å². The molecular formula is C17H19IN6O2S. The fraction of sp³-hybridized carbons (Fsp3) is 0.353. The van der Waals surface area contributed by atoms with Gasteiger partial charge in [-0.15, -0.1) is 0 Å². The predicted octanol–water partition coefficient (Wildman–Crippen LogP) is 1.79. The minimum absolute atomic E-state index is 0.0700. The minimum atomic E-state index is -3.38. The van der Waals surface area contributed by atoms with E-state index in [1.165, 1.54) is 10.6 Å². The maximum atomic E-state index is 12.3. The quantitative estimate of drug-likeness (QED) is 0.513. The van der Waals surface area contributed by atoms with Gasteiger partial charge in [-0.2, -0.15) is 10.1 Å². The average Bonchev–Trinajstić information content (AvgIpc) is 2.93. The highest BCUT2D eigenvalue weighted by Crippen LogP contribution is 2.31. The number of sulfonamides is 1. The first-order valence-electron chi connectivity index (χ1n) is 8.39. The summed E-state index contributed by atoms with van der Waals surface area (Å²) in [7, 11) is 0.380. The number of likely N-dealkylation sites (N-methyl/N-ethyl adjacent to an activating group) is 1. The van der Waals surface area contributed by atoms with Crippen LogP contribution >= 0.6 is 22.6 Å². The van der Waals surface area contributed by atoms with E-state index in [0.29, 0.717) is 12.5 Å². The summed E-state index contributed by atoms with van der Waals surface area (Å²) in [6.45, 7) is 0.358. The Morgan fingerprint density at radius 3 is 2.78 bits per heavy atom. The number of aryl methyl sites for hydroxylation is 1. The van der Waals surface area contributed by atoms with E-state index in [1.54, 1.807) is 10.9 Å². The summed E-state index contributed by atoms with van der Waals surface area (Å²) < 4.78 is 28.7. The van der Waals surface area contributed by atoms with Crippen LogP contribution in [-0.4, -0.2) is 54.1 Å². The summed E-state index contributed by atoms with van der Waals surface area (Å²) in [5.41, 5.74) is 2.51. The molecule has 0 fully saturated rings. The Hall–Kier alpha value is -1.95. The monoisotopic (exact) mass is 498 g/mol. The molecule has 0 N–H and O–H groups in total. The second-order valence-electron chi connectivity index (χ2n) is 6.71. The molecule has 27 heavy (non-hydrogen) atoms. The average molecular weight is 498 g/mol. The highest BCUT2D eigenvalue weighted by atomic mass is 127. The van der Waals surface area contributed by atoms with Gasteiger partial charge in [-0.1, -0.05) is 18.2 Å². The van der Waals surface area contributed by atoms with Gasteiger partial charge in [0.25, 0.3) is 0 Å². The molecule has 0 saturated carbocycles. The first-order valence-corrected chi connectivity index (χ1v) is 11.3. The molecule has 142 valence electrons. The molecule has 10 heteroatoms. The topological polar surface area (TPSA) is 84.2 Å². The Morgan fingerprint density at radius 1 is 1.30 bits per heavy atom. The highest BCUT2D eigenvalue weighted by molar-refractivity contribution is 14.1. The van der Waals surface area contributed by atoms with E-state index in [9.17, 15) is 8.42 Å². The van der Waals surface area contributed by atoms with Crippen molar-refractivity contribution >= 4 is 55.3 Å². The number of hydrogen-bond donors (Lipinski definition) is 0. The van der Waals surface area contributed by atoms with Crippen molar-refractivity contribution in [3.63, 3.8) is 0 Å². The highest BCUT2D eigenvalue weighted by Gasteiger charge is 2.32. The lowest BCUT2D eigenvalue weighted by molar-refractivity contribution is 0.568. The van der Waals surface area contributed by atoms with Crippen LogP contribution in [0.15, 0.2) is 30.5 Å². The second-order valence-corrected chi connectivity index (χ2v) is 9.64. The Labute approximate surface area is 171 Å². The molecule has 1 atom stereocenters. The molecule has 0 amide bonds. The fourth-order valence-corrected chi connectivity index (χ4v) is 5.11. The summed E-state index contributed by atoms with van der Waals surface area (Å²) in [5, 5.41) is 5.28. The molecule has 3 heterocycles. The summed E-state index contributed by atoms with van der Waals surface area (Å²) in [4.78, 5) is 11.1. The number of benzene rings is 1. The molecule has 1 aliphatic rings. The van der Waals surface area contributed by atoms with Crippen molar-refractivity contribution in [2.24, 2.45) is 7.05 Å². The van der Waals surface area contributed by atoms with Crippen LogP contribution in [0, 0.1) is 3.70 Å². The van der Waals surface area contributed by atoms with Gasteiger partial charge in [0, 0.05) is 20.3 Å². The maximum absolute atomic E-state index is 12.3. The van der Waals surface area contributed by atoms with Crippen LogP contribution in [0.5, 0.6) is 0 Å². The molecular weight excluding hydrogens is 479 g/mol. The SMILES string of the molecule is CN(c1ncc2c(I)nn(C)c2n1)C1Cc2ccccc2N(S(C)(=O)=O)C1. The van der Waals surface area contributed by atoms with Gasteiger partial charge in [0.05, 0.1) is 29.9 Å². The summed E-state index contributed by atoms with van der Waals surface area (Å²) in [5.74, 6) is 0.555. The zero-order chi connectivity index (χ0) is 19.3. The number of halogens is 1. The van der Waals surface area contributed by atoms with Crippen LogP contribution in [-0.2, 0) is 23.5 Å². The molecule has 8 nitrogen and oxygen atoms in total. The summed E-state index contributed by atoms with van der Waals surface area (Å²) in [6.07, 6.45) is 3.74. The van der Waals surface area contributed by atoms with E-state index in [-0.39, 0.29) is 6.04 Å². The van der Waals surface area contributed by atoms with E-state index in [0.717, 1.165) is 32.4 Å². The minimum Gasteiger partial charge on any atom is -0.339 e. The molecule has 0 radical (unpaired) electrons. The van der Waals surface area contributed by atoms with Crippen LogP contribution in [0.1, 0.15) is 5.56 Å². The third kappa shape index (κ3) is 3.24. The Balaban J connectivity index is 1.72. The van der Waals surface area contributed by atoms with Crippen LogP contribution < -0.4 is 9.21 Å². The van der Waals surface area contributed by atoms with Crippen molar-refractivity contribution in [3.8, 4) is 0 Å². The van der Waals surface area contributed by atoms with Crippen molar-refractivity contribution in [2.45, 2.75) is 12.5 Å². The molecule has 0 aliphatic carbocycles. The van der Waals surface area contributed by atoms with Crippen molar-refractivity contribution < 1.29 is 8.42 Å².